The highest BCUT2D eigenvalue weighted by Crippen LogP contribution is 2.17. The second-order valence-corrected chi connectivity index (χ2v) is 2.91. The van der Waals surface area contributed by atoms with E-state index in [1.807, 2.05) is 32.3 Å². The molecule has 0 aliphatic heterocycles. The van der Waals surface area contributed by atoms with Crippen LogP contribution in [0.2, 0.25) is 0 Å². The average molecular weight is 174 g/mol. The lowest BCUT2D eigenvalue weighted by atomic mass is 10.1. The van der Waals surface area contributed by atoms with E-state index in [-0.39, 0.29) is 0 Å². The maximum absolute atomic E-state index is 4.19. The van der Waals surface area contributed by atoms with Crippen molar-refractivity contribution in [3.63, 3.8) is 0 Å². The van der Waals surface area contributed by atoms with Gasteiger partial charge < -0.3 is 0 Å². The third-order valence-electron chi connectivity index (χ3n) is 1.89. The smallest absolute Gasteiger partial charge is 0.114 e. The Labute approximate surface area is 76.2 Å². The first-order valence-electron chi connectivity index (χ1n) is 4.05. The van der Waals surface area contributed by atoms with E-state index in [9.17, 15) is 0 Å². The zero-order chi connectivity index (χ0) is 9.26. The van der Waals surface area contributed by atoms with Gasteiger partial charge in [-0.2, -0.15) is 0 Å². The highest BCUT2D eigenvalue weighted by Gasteiger charge is 2.04. The summed E-state index contributed by atoms with van der Waals surface area (Å²) in [6, 6.07) is 3.89. The molecular formula is C9H10N4. The van der Waals surface area contributed by atoms with Crippen molar-refractivity contribution in [2.45, 2.75) is 6.92 Å². The molecule has 0 atom stereocenters. The predicted molar refractivity (Wildman–Crippen MR) is 49.0 cm³/mol. The van der Waals surface area contributed by atoms with E-state index >= 15 is 0 Å². The molecule has 4 heteroatoms. The van der Waals surface area contributed by atoms with Crippen molar-refractivity contribution in [3.05, 3.63) is 30.2 Å². The summed E-state index contributed by atoms with van der Waals surface area (Å²) < 4.78 is 1.68. The second kappa shape index (κ2) is 2.97. The van der Waals surface area contributed by atoms with Gasteiger partial charge in [-0.15, -0.1) is 5.10 Å². The van der Waals surface area contributed by atoms with Gasteiger partial charge in [0.15, 0.2) is 0 Å². The minimum Gasteiger partial charge on any atom is -0.261 e. The summed E-state index contributed by atoms with van der Waals surface area (Å²) in [6.45, 7) is 1.96. The summed E-state index contributed by atoms with van der Waals surface area (Å²) in [4.78, 5) is 4.19. The van der Waals surface area contributed by atoms with Crippen LogP contribution in [-0.4, -0.2) is 20.0 Å². The van der Waals surface area contributed by atoms with E-state index in [0.717, 1.165) is 17.0 Å². The first-order chi connectivity index (χ1) is 6.27. The number of rotatable bonds is 1. The molecule has 0 aromatic carbocycles. The Bertz CT molecular complexity index is 419. The van der Waals surface area contributed by atoms with E-state index in [0.29, 0.717) is 0 Å². The number of aryl methyl sites for hydroxylation is 2. The van der Waals surface area contributed by atoms with Crippen molar-refractivity contribution in [1.82, 2.24) is 20.0 Å². The molecule has 0 unspecified atom stereocenters. The van der Waals surface area contributed by atoms with Crippen LogP contribution in [0.5, 0.6) is 0 Å². The van der Waals surface area contributed by atoms with Crippen LogP contribution in [0.25, 0.3) is 11.3 Å². The van der Waals surface area contributed by atoms with Gasteiger partial charge in [-0.1, -0.05) is 5.21 Å². The Kier molecular flexibility index (Phi) is 1.81. The van der Waals surface area contributed by atoms with Gasteiger partial charge in [0.2, 0.25) is 0 Å². The molecular weight excluding hydrogens is 164 g/mol. The van der Waals surface area contributed by atoms with Crippen LogP contribution >= 0.6 is 0 Å². The summed E-state index contributed by atoms with van der Waals surface area (Å²) in [6.07, 6.45) is 3.65. The summed E-state index contributed by atoms with van der Waals surface area (Å²) >= 11 is 0. The van der Waals surface area contributed by atoms with Gasteiger partial charge in [-0.25, -0.2) is 0 Å². The van der Waals surface area contributed by atoms with Gasteiger partial charge in [0.05, 0.1) is 6.20 Å². The van der Waals surface area contributed by atoms with Crippen molar-refractivity contribution in [2.75, 3.05) is 0 Å². The predicted octanol–water partition coefficient (Wildman–Crippen LogP) is 1.19. The molecule has 0 spiro atoms. The number of aromatic nitrogens is 4. The van der Waals surface area contributed by atoms with Crippen LogP contribution in [0, 0.1) is 6.92 Å². The van der Waals surface area contributed by atoms with Crippen molar-refractivity contribution < 1.29 is 0 Å². The molecule has 2 rings (SSSR count). The molecule has 0 aliphatic carbocycles. The molecule has 0 aliphatic rings. The van der Waals surface area contributed by atoms with Gasteiger partial charge >= 0.3 is 0 Å². The summed E-state index contributed by atoms with van der Waals surface area (Å²) in [7, 11) is 1.85. The number of hydrogen-bond donors (Lipinski definition) is 0. The Morgan fingerprint density at radius 1 is 1.38 bits per heavy atom. The zero-order valence-corrected chi connectivity index (χ0v) is 7.60. The van der Waals surface area contributed by atoms with Crippen LogP contribution < -0.4 is 0 Å². The molecule has 0 saturated carbocycles. The molecule has 4 nitrogen and oxygen atoms in total. The number of hydrogen-bond acceptors (Lipinski definition) is 3. The van der Waals surface area contributed by atoms with Crippen molar-refractivity contribution in [3.8, 4) is 11.3 Å². The fourth-order valence-electron chi connectivity index (χ4n) is 1.23. The molecule has 0 bridgehead atoms. The van der Waals surface area contributed by atoms with E-state index in [4.69, 9.17) is 0 Å². The Hall–Kier alpha value is -1.71. The fraction of sp³-hybridized carbons (Fsp3) is 0.222. The minimum atomic E-state index is 0.869. The molecule has 2 aromatic rings. The molecule has 66 valence electrons. The van der Waals surface area contributed by atoms with Crippen molar-refractivity contribution >= 4 is 0 Å². The third-order valence-corrected chi connectivity index (χ3v) is 1.89. The third kappa shape index (κ3) is 1.42. The van der Waals surface area contributed by atoms with Crippen LogP contribution in [0.1, 0.15) is 5.69 Å². The Morgan fingerprint density at radius 2 is 2.23 bits per heavy atom. The molecule has 0 amide bonds. The summed E-state index contributed by atoms with van der Waals surface area (Å²) in [5.41, 5.74) is 2.88. The monoisotopic (exact) mass is 174 g/mol. The van der Waals surface area contributed by atoms with Crippen LogP contribution in [0.3, 0.4) is 0 Å². The van der Waals surface area contributed by atoms with E-state index in [1.54, 1.807) is 10.9 Å². The van der Waals surface area contributed by atoms with Gasteiger partial charge in [-0.05, 0) is 19.1 Å². The molecule has 13 heavy (non-hydrogen) atoms. The molecule has 0 saturated heterocycles. The van der Waals surface area contributed by atoms with Crippen LogP contribution in [0.15, 0.2) is 24.5 Å². The summed E-state index contributed by atoms with van der Waals surface area (Å²) in [5.74, 6) is 0. The zero-order valence-electron chi connectivity index (χ0n) is 7.60. The largest absolute Gasteiger partial charge is 0.261 e. The summed E-state index contributed by atoms with van der Waals surface area (Å²) in [5, 5.41) is 7.89. The molecule has 0 N–H and O–H groups in total. The quantitative estimate of drug-likeness (QED) is 0.652. The van der Waals surface area contributed by atoms with Gasteiger partial charge in [0.25, 0.3) is 0 Å². The molecule has 0 fully saturated rings. The maximum atomic E-state index is 4.19. The average Bonchev–Trinajstić information content (AvgIpc) is 2.53. The van der Waals surface area contributed by atoms with Crippen molar-refractivity contribution in [1.29, 1.82) is 0 Å². The first-order valence-corrected chi connectivity index (χ1v) is 4.05. The number of nitrogens with zero attached hydrogens (tertiary/aromatic N) is 4. The molecule has 2 aromatic heterocycles. The van der Waals surface area contributed by atoms with Gasteiger partial charge in [0.1, 0.15) is 5.69 Å². The SMILES string of the molecule is Cc1ncccc1-c1cn(C)nn1. The minimum absolute atomic E-state index is 0.869. The van der Waals surface area contributed by atoms with Crippen LogP contribution in [-0.2, 0) is 7.05 Å². The Balaban J connectivity index is 2.52. The molecule has 2 heterocycles. The van der Waals surface area contributed by atoms with E-state index < -0.39 is 0 Å². The topological polar surface area (TPSA) is 43.6 Å². The standard InChI is InChI=1S/C9H10N4/c1-7-8(4-3-5-10-7)9-6-13(2)12-11-9/h3-6H,1-2H3. The second-order valence-electron chi connectivity index (χ2n) is 2.91. The first kappa shape index (κ1) is 7.91. The maximum Gasteiger partial charge on any atom is 0.114 e. The lowest BCUT2D eigenvalue weighted by Gasteiger charge is -1.97. The van der Waals surface area contributed by atoms with Crippen molar-refractivity contribution in [2.24, 2.45) is 7.05 Å². The van der Waals surface area contributed by atoms with E-state index in [2.05, 4.69) is 15.3 Å². The lowest BCUT2D eigenvalue weighted by molar-refractivity contribution is 0.715. The number of pyridine rings is 1. The normalized spacial score (nSPS) is 10.3. The van der Waals surface area contributed by atoms with Crippen LogP contribution in [0.4, 0.5) is 0 Å². The fourth-order valence-corrected chi connectivity index (χ4v) is 1.23. The highest BCUT2D eigenvalue weighted by atomic mass is 15.4. The van der Waals surface area contributed by atoms with E-state index in [1.165, 1.54) is 0 Å². The molecule has 0 radical (unpaired) electrons. The van der Waals surface area contributed by atoms with Gasteiger partial charge in [0, 0.05) is 24.5 Å². The van der Waals surface area contributed by atoms with Gasteiger partial charge in [-0.3, -0.25) is 9.67 Å². The Morgan fingerprint density at radius 3 is 2.85 bits per heavy atom. The lowest BCUT2D eigenvalue weighted by Crippen LogP contribution is -1.86. The highest BCUT2D eigenvalue weighted by molar-refractivity contribution is 5.59.